The summed E-state index contributed by atoms with van der Waals surface area (Å²) in [6, 6.07) is 4.25. The molecule has 0 unspecified atom stereocenters. The molecule has 0 heterocycles. The average Bonchev–Trinajstić information content (AvgIpc) is 2.15. The number of amides is 1. The monoisotopic (exact) mass is 223 g/mol. The Morgan fingerprint density at radius 1 is 1.44 bits per heavy atom. The second-order valence-electron chi connectivity index (χ2n) is 4.54. The van der Waals surface area contributed by atoms with E-state index in [1.165, 1.54) is 12.1 Å². The molecule has 1 aromatic carbocycles. The van der Waals surface area contributed by atoms with Crippen LogP contribution in [-0.2, 0) is 0 Å². The third-order valence-electron chi connectivity index (χ3n) is 2.40. The van der Waals surface area contributed by atoms with Crippen LogP contribution in [-0.4, -0.2) is 24.4 Å². The maximum Gasteiger partial charge on any atom is 0.253 e. The third-order valence-corrected chi connectivity index (χ3v) is 2.40. The minimum Gasteiger partial charge on any atom is -0.341 e. The summed E-state index contributed by atoms with van der Waals surface area (Å²) >= 11 is 0. The molecule has 1 amide bonds. The minimum absolute atomic E-state index is 0.0498. The lowest BCUT2D eigenvalue weighted by Crippen LogP contribution is -2.30. The van der Waals surface area contributed by atoms with Gasteiger partial charge in [0.2, 0.25) is 0 Å². The Morgan fingerprint density at radius 2 is 2.06 bits per heavy atom. The average molecular weight is 223 g/mol. The highest BCUT2D eigenvalue weighted by Gasteiger charge is 2.14. The molecule has 0 spiro atoms. The molecule has 0 fully saturated rings. The fourth-order valence-electron chi connectivity index (χ4n) is 1.70. The molecule has 3 heteroatoms. The van der Waals surface area contributed by atoms with Crippen LogP contribution in [0.15, 0.2) is 18.2 Å². The first kappa shape index (κ1) is 12.7. The summed E-state index contributed by atoms with van der Waals surface area (Å²) in [6.45, 7) is 6.57. The molecule has 0 saturated heterocycles. The standard InChI is InChI=1S/C13H18FNO/c1-9(2)8-15(4)13(16)12-6-5-11(14)7-10(12)3/h5-7,9H,8H2,1-4H3. The van der Waals surface area contributed by atoms with E-state index in [1.807, 2.05) is 0 Å². The van der Waals surface area contributed by atoms with Gasteiger partial charge in [-0.05, 0) is 36.6 Å². The number of aryl methyl sites for hydroxylation is 1. The Morgan fingerprint density at radius 3 is 2.56 bits per heavy atom. The lowest BCUT2D eigenvalue weighted by atomic mass is 10.1. The van der Waals surface area contributed by atoms with E-state index in [1.54, 1.807) is 24.9 Å². The largest absolute Gasteiger partial charge is 0.341 e. The van der Waals surface area contributed by atoms with Crippen LogP contribution in [0.4, 0.5) is 4.39 Å². The van der Waals surface area contributed by atoms with Gasteiger partial charge in [-0.3, -0.25) is 4.79 Å². The van der Waals surface area contributed by atoms with Gasteiger partial charge in [-0.1, -0.05) is 13.8 Å². The van der Waals surface area contributed by atoms with Gasteiger partial charge in [0.1, 0.15) is 5.82 Å². The number of rotatable bonds is 3. The van der Waals surface area contributed by atoms with Crippen molar-refractivity contribution in [1.29, 1.82) is 0 Å². The fraction of sp³-hybridized carbons (Fsp3) is 0.462. The predicted octanol–water partition coefficient (Wildman–Crippen LogP) is 2.86. The molecule has 0 saturated carbocycles. The molecular formula is C13H18FNO. The Hall–Kier alpha value is -1.38. The molecule has 1 rings (SSSR count). The van der Waals surface area contributed by atoms with E-state index in [0.717, 1.165) is 0 Å². The van der Waals surface area contributed by atoms with Gasteiger partial charge < -0.3 is 4.90 Å². The lowest BCUT2D eigenvalue weighted by molar-refractivity contribution is 0.0778. The zero-order valence-electron chi connectivity index (χ0n) is 10.2. The van der Waals surface area contributed by atoms with Crippen molar-refractivity contribution in [3.63, 3.8) is 0 Å². The Bertz CT molecular complexity index is 388. The lowest BCUT2D eigenvalue weighted by Gasteiger charge is -2.20. The van der Waals surface area contributed by atoms with Crippen LogP contribution < -0.4 is 0 Å². The Kier molecular flexibility index (Phi) is 4.05. The molecule has 1 aromatic rings. The normalized spacial score (nSPS) is 10.6. The van der Waals surface area contributed by atoms with Crippen molar-refractivity contribution in [2.75, 3.05) is 13.6 Å². The third kappa shape index (κ3) is 3.05. The van der Waals surface area contributed by atoms with Crippen molar-refractivity contribution in [3.8, 4) is 0 Å². The van der Waals surface area contributed by atoms with Crippen LogP contribution in [0.25, 0.3) is 0 Å². The molecule has 0 N–H and O–H groups in total. The van der Waals surface area contributed by atoms with Crippen molar-refractivity contribution in [1.82, 2.24) is 4.90 Å². The van der Waals surface area contributed by atoms with Crippen LogP contribution in [0.2, 0.25) is 0 Å². The topological polar surface area (TPSA) is 20.3 Å². The highest BCUT2D eigenvalue weighted by molar-refractivity contribution is 5.95. The fourth-order valence-corrected chi connectivity index (χ4v) is 1.70. The zero-order valence-corrected chi connectivity index (χ0v) is 10.2. The number of carbonyl (C=O) groups excluding carboxylic acids is 1. The molecule has 0 aromatic heterocycles. The van der Waals surface area contributed by atoms with Crippen molar-refractivity contribution in [2.45, 2.75) is 20.8 Å². The number of carbonyl (C=O) groups is 1. The smallest absolute Gasteiger partial charge is 0.253 e. The van der Waals surface area contributed by atoms with Crippen molar-refractivity contribution in [3.05, 3.63) is 35.1 Å². The van der Waals surface area contributed by atoms with E-state index in [4.69, 9.17) is 0 Å². The summed E-state index contributed by atoms with van der Waals surface area (Å²) in [5, 5.41) is 0. The predicted molar refractivity (Wildman–Crippen MR) is 62.9 cm³/mol. The molecular weight excluding hydrogens is 205 g/mol. The molecule has 0 aliphatic heterocycles. The van der Waals surface area contributed by atoms with Gasteiger partial charge in [-0.15, -0.1) is 0 Å². The van der Waals surface area contributed by atoms with E-state index in [2.05, 4.69) is 13.8 Å². The van der Waals surface area contributed by atoms with Gasteiger partial charge in [-0.25, -0.2) is 4.39 Å². The van der Waals surface area contributed by atoms with Crippen LogP contribution in [0.3, 0.4) is 0 Å². The first-order valence-corrected chi connectivity index (χ1v) is 5.43. The maximum absolute atomic E-state index is 12.9. The van der Waals surface area contributed by atoms with Crippen LogP contribution in [0, 0.1) is 18.7 Å². The Labute approximate surface area is 96.1 Å². The van der Waals surface area contributed by atoms with Gasteiger partial charge in [0.15, 0.2) is 0 Å². The molecule has 0 aliphatic carbocycles. The summed E-state index contributed by atoms with van der Waals surface area (Å²) in [7, 11) is 1.77. The SMILES string of the molecule is Cc1cc(F)ccc1C(=O)N(C)CC(C)C. The summed E-state index contributed by atoms with van der Waals surface area (Å²) < 4.78 is 12.9. The zero-order chi connectivity index (χ0) is 12.3. The minimum atomic E-state index is -0.305. The second-order valence-corrected chi connectivity index (χ2v) is 4.54. The van der Waals surface area contributed by atoms with Gasteiger partial charge in [0.25, 0.3) is 5.91 Å². The molecule has 16 heavy (non-hydrogen) atoms. The molecule has 0 atom stereocenters. The summed E-state index contributed by atoms with van der Waals surface area (Å²) in [5.74, 6) is 0.0708. The number of hydrogen-bond acceptors (Lipinski definition) is 1. The van der Waals surface area contributed by atoms with Crippen LogP contribution in [0.5, 0.6) is 0 Å². The maximum atomic E-state index is 12.9. The molecule has 0 bridgehead atoms. The summed E-state index contributed by atoms with van der Waals surface area (Å²) in [5.41, 5.74) is 1.25. The van der Waals surface area contributed by atoms with Crippen LogP contribution >= 0.6 is 0 Å². The van der Waals surface area contributed by atoms with Crippen LogP contribution in [0.1, 0.15) is 29.8 Å². The highest BCUT2D eigenvalue weighted by Crippen LogP contribution is 2.13. The van der Waals surface area contributed by atoms with E-state index >= 15 is 0 Å². The highest BCUT2D eigenvalue weighted by atomic mass is 19.1. The first-order valence-electron chi connectivity index (χ1n) is 5.43. The van der Waals surface area contributed by atoms with Gasteiger partial charge in [0, 0.05) is 19.2 Å². The van der Waals surface area contributed by atoms with E-state index in [9.17, 15) is 9.18 Å². The van der Waals surface area contributed by atoms with Crippen molar-refractivity contribution < 1.29 is 9.18 Å². The number of nitrogens with zero attached hydrogens (tertiary/aromatic N) is 1. The molecule has 2 nitrogen and oxygen atoms in total. The molecule has 0 aliphatic rings. The van der Waals surface area contributed by atoms with Gasteiger partial charge in [-0.2, -0.15) is 0 Å². The quantitative estimate of drug-likeness (QED) is 0.771. The number of halogens is 1. The van der Waals surface area contributed by atoms with Crippen molar-refractivity contribution in [2.24, 2.45) is 5.92 Å². The number of hydrogen-bond donors (Lipinski definition) is 0. The van der Waals surface area contributed by atoms with E-state index in [0.29, 0.717) is 23.6 Å². The summed E-state index contributed by atoms with van der Waals surface area (Å²) in [6.07, 6.45) is 0. The second kappa shape index (κ2) is 5.10. The Balaban J connectivity index is 2.88. The van der Waals surface area contributed by atoms with Crippen molar-refractivity contribution >= 4 is 5.91 Å². The van der Waals surface area contributed by atoms with Gasteiger partial charge in [0.05, 0.1) is 0 Å². The first-order chi connectivity index (χ1) is 7.41. The van der Waals surface area contributed by atoms with E-state index < -0.39 is 0 Å². The van der Waals surface area contributed by atoms with Gasteiger partial charge >= 0.3 is 0 Å². The van der Waals surface area contributed by atoms with E-state index in [-0.39, 0.29) is 11.7 Å². The summed E-state index contributed by atoms with van der Waals surface area (Å²) in [4.78, 5) is 13.7. The number of benzene rings is 1. The molecule has 0 radical (unpaired) electrons. The molecule has 88 valence electrons.